The molecular formula is C17H15Cl2N5O2. The van der Waals surface area contributed by atoms with E-state index in [2.05, 4.69) is 20.3 Å². The maximum Gasteiger partial charge on any atom is 0.234 e. The van der Waals surface area contributed by atoms with E-state index in [4.69, 9.17) is 27.9 Å². The van der Waals surface area contributed by atoms with Crippen molar-refractivity contribution < 1.29 is 9.84 Å². The summed E-state index contributed by atoms with van der Waals surface area (Å²) in [6.45, 7) is 0. The Morgan fingerprint density at radius 3 is 2.62 bits per heavy atom. The smallest absolute Gasteiger partial charge is 0.234 e. The number of nitrogens with one attached hydrogen (secondary N) is 1. The van der Waals surface area contributed by atoms with Crippen LogP contribution in [0.4, 0.5) is 23.3 Å². The van der Waals surface area contributed by atoms with Gasteiger partial charge in [0.05, 0.1) is 17.2 Å². The first-order valence-electron chi connectivity index (χ1n) is 7.50. The number of nitrogens with zero attached hydrogens (tertiary/aromatic N) is 4. The summed E-state index contributed by atoms with van der Waals surface area (Å²) < 4.78 is 5.09. The molecule has 0 bridgehead atoms. The van der Waals surface area contributed by atoms with Crippen molar-refractivity contribution in [2.24, 2.45) is 0 Å². The summed E-state index contributed by atoms with van der Waals surface area (Å²) in [5.41, 5.74) is 1.44. The van der Waals surface area contributed by atoms with E-state index < -0.39 is 0 Å². The van der Waals surface area contributed by atoms with Gasteiger partial charge in [0.1, 0.15) is 6.33 Å². The van der Waals surface area contributed by atoms with Gasteiger partial charge in [0.15, 0.2) is 11.5 Å². The molecule has 2 aromatic carbocycles. The van der Waals surface area contributed by atoms with Gasteiger partial charge in [-0.2, -0.15) is 4.98 Å². The number of benzene rings is 2. The van der Waals surface area contributed by atoms with Crippen molar-refractivity contribution in [3.05, 3.63) is 52.8 Å². The fraction of sp³-hybridized carbons (Fsp3) is 0.118. The highest BCUT2D eigenvalue weighted by molar-refractivity contribution is 6.42. The van der Waals surface area contributed by atoms with Gasteiger partial charge >= 0.3 is 0 Å². The number of phenolic OH excluding ortho intramolecular Hbond substituents is 1. The van der Waals surface area contributed by atoms with Gasteiger partial charge in [0, 0.05) is 24.5 Å². The lowest BCUT2D eigenvalue weighted by atomic mass is 10.3. The van der Waals surface area contributed by atoms with Crippen molar-refractivity contribution in [3.63, 3.8) is 0 Å². The van der Waals surface area contributed by atoms with Crippen LogP contribution in [0.5, 0.6) is 11.5 Å². The van der Waals surface area contributed by atoms with Crippen molar-refractivity contribution >= 4 is 46.5 Å². The van der Waals surface area contributed by atoms with Crippen LogP contribution >= 0.6 is 23.2 Å². The van der Waals surface area contributed by atoms with Crippen LogP contribution in [0, 0.1) is 0 Å². The van der Waals surface area contributed by atoms with Crippen molar-refractivity contribution in [1.29, 1.82) is 0 Å². The number of anilines is 4. The normalized spacial score (nSPS) is 10.5. The number of aromatic nitrogens is 3. The van der Waals surface area contributed by atoms with E-state index in [1.807, 2.05) is 13.1 Å². The van der Waals surface area contributed by atoms with Crippen molar-refractivity contribution in [1.82, 2.24) is 15.0 Å². The number of halogens is 2. The Morgan fingerprint density at radius 2 is 1.88 bits per heavy atom. The Morgan fingerprint density at radius 1 is 1.08 bits per heavy atom. The van der Waals surface area contributed by atoms with E-state index in [-0.39, 0.29) is 5.75 Å². The lowest BCUT2D eigenvalue weighted by Crippen LogP contribution is -2.14. The molecule has 2 N–H and O–H groups in total. The van der Waals surface area contributed by atoms with Gasteiger partial charge < -0.3 is 20.1 Å². The number of aromatic hydroxyl groups is 1. The number of ether oxygens (including phenoxy) is 1. The van der Waals surface area contributed by atoms with Gasteiger partial charge in [-0.25, -0.2) is 9.97 Å². The maximum atomic E-state index is 9.67. The molecule has 3 rings (SSSR count). The van der Waals surface area contributed by atoms with Gasteiger partial charge in [-0.3, -0.25) is 0 Å². The van der Waals surface area contributed by atoms with Crippen LogP contribution in [0.15, 0.2) is 42.7 Å². The highest BCUT2D eigenvalue weighted by Crippen LogP contribution is 2.31. The largest absolute Gasteiger partial charge is 0.504 e. The average molecular weight is 392 g/mol. The van der Waals surface area contributed by atoms with E-state index in [1.165, 1.54) is 19.5 Å². The van der Waals surface area contributed by atoms with Crippen molar-refractivity contribution in [2.75, 3.05) is 24.4 Å². The van der Waals surface area contributed by atoms with Crippen molar-refractivity contribution in [3.8, 4) is 11.5 Å². The highest BCUT2D eigenvalue weighted by Gasteiger charge is 2.11. The van der Waals surface area contributed by atoms with Crippen molar-refractivity contribution in [2.45, 2.75) is 0 Å². The number of phenols is 1. The van der Waals surface area contributed by atoms with Gasteiger partial charge in [0.2, 0.25) is 11.9 Å². The molecule has 0 atom stereocenters. The zero-order chi connectivity index (χ0) is 18.7. The Labute approximate surface area is 160 Å². The molecule has 26 heavy (non-hydrogen) atoms. The summed E-state index contributed by atoms with van der Waals surface area (Å²) >= 11 is 12.0. The summed E-state index contributed by atoms with van der Waals surface area (Å²) in [5.74, 6) is 1.16. The topological polar surface area (TPSA) is 83.4 Å². The fourth-order valence-corrected chi connectivity index (χ4v) is 2.50. The van der Waals surface area contributed by atoms with E-state index in [1.54, 1.807) is 29.2 Å². The Balaban J connectivity index is 1.84. The van der Waals surface area contributed by atoms with Gasteiger partial charge in [0.25, 0.3) is 0 Å². The van der Waals surface area contributed by atoms with Crippen LogP contribution in [0.25, 0.3) is 0 Å². The zero-order valence-electron chi connectivity index (χ0n) is 13.9. The molecule has 0 amide bonds. The van der Waals surface area contributed by atoms with Crippen LogP contribution in [-0.2, 0) is 0 Å². The summed E-state index contributed by atoms with van der Waals surface area (Å²) in [5, 5.41) is 13.6. The Bertz CT molecular complexity index is 939. The highest BCUT2D eigenvalue weighted by atomic mass is 35.5. The SMILES string of the molecule is COc1cc(Nc2ncnc(N(C)c3ccc(Cl)c(Cl)c3)n2)ccc1O. The van der Waals surface area contributed by atoms with Crippen LogP contribution in [0.3, 0.4) is 0 Å². The van der Waals surface area contributed by atoms with E-state index in [0.717, 1.165) is 5.69 Å². The molecule has 0 spiro atoms. The molecule has 134 valence electrons. The summed E-state index contributed by atoms with van der Waals surface area (Å²) in [6.07, 6.45) is 1.40. The molecular weight excluding hydrogens is 377 g/mol. The lowest BCUT2D eigenvalue weighted by molar-refractivity contribution is 0.374. The van der Waals surface area contributed by atoms with E-state index in [0.29, 0.717) is 33.4 Å². The van der Waals surface area contributed by atoms with Crippen LogP contribution in [0.1, 0.15) is 0 Å². The van der Waals surface area contributed by atoms with Crippen LogP contribution in [-0.4, -0.2) is 34.2 Å². The molecule has 0 radical (unpaired) electrons. The molecule has 0 aliphatic heterocycles. The lowest BCUT2D eigenvalue weighted by Gasteiger charge is -2.18. The first kappa shape index (κ1) is 18.0. The van der Waals surface area contributed by atoms with E-state index >= 15 is 0 Å². The molecule has 3 aromatic rings. The molecule has 1 aromatic heterocycles. The Kier molecular flexibility index (Phi) is 5.29. The summed E-state index contributed by atoms with van der Waals surface area (Å²) in [7, 11) is 3.29. The average Bonchev–Trinajstić information content (AvgIpc) is 2.65. The third-order valence-corrected chi connectivity index (χ3v) is 4.32. The predicted octanol–water partition coefficient (Wildman–Crippen LogP) is 4.40. The van der Waals surface area contributed by atoms with E-state index in [9.17, 15) is 5.11 Å². The third kappa shape index (κ3) is 3.89. The second-order valence-corrected chi connectivity index (χ2v) is 6.09. The third-order valence-electron chi connectivity index (χ3n) is 3.59. The summed E-state index contributed by atoms with van der Waals surface area (Å²) in [4.78, 5) is 14.4. The molecule has 7 nitrogen and oxygen atoms in total. The van der Waals surface area contributed by atoms with Gasteiger partial charge in [-0.05, 0) is 30.3 Å². The summed E-state index contributed by atoms with van der Waals surface area (Å²) in [6, 6.07) is 10.1. The second-order valence-electron chi connectivity index (χ2n) is 5.28. The van der Waals surface area contributed by atoms with Crippen LogP contribution < -0.4 is 15.0 Å². The molecule has 9 heteroatoms. The maximum absolute atomic E-state index is 9.67. The fourth-order valence-electron chi connectivity index (χ4n) is 2.20. The first-order valence-corrected chi connectivity index (χ1v) is 8.25. The molecule has 0 saturated heterocycles. The molecule has 1 heterocycles. The zero-order valence-corrected chi connectivity index (χ0v) is 15.5. The molecule has 0 fully saturated rings. The van der Waals surface area contributed by atoms with Gasteiger partial charge in [-0.1, -0.05) is 23.2 Å². The van der Waals surface area contributed by atoms with Gasteiger partial charge in [-0.15, -0.1) is 0 Å². The first-order chi connectivity index (χ1) is 12.5. The number of hydrogen-bond donors (Lipinski definition) is 2. The number of rotatable bonds is 5. The molecule has 0 aliphatic rings. The molecule has 0 aliphatic carbocycles. The second kappa shape index (κ2) is 7.63. The molecule has 0 unspecified atom stereocenters. The standard InChI is InChI=1S/C17H15Cl2N5O2/c1-24(11-4-5-12(18)13(19)8-11)17-21-9-20-16(23-17)22-10-3-6-14(25)15(7-10)26-2/h3-9,25H,1-2H3,(H,20,21,22,23). The van der Waals surface area contributed by atoms with Crippen LogP contribution in [0.2, 0.25) is 10.0 Å². The monoisotopic (exact) mass is 391 g/mol. The number of methoxy groups -OCH3 is 1. The predicted molar refractivity (Wildman–Crippen MR) is 102 cm³/mol. The minimum absolute atomic E-state index is 0.0498. The minimum Gasteiger partial charge on any atom is -0.504 e. The number of hydrogen-bond acceptors (Lipinski definition) is 7. The Hall–Kier alpha value is -2.77. The quantitative estimate of drug-likeness (QED) is 0.623. The molecule has 0 saturated carbocycles. The minimum atomic E-state index is 0.0498.